The molecule has 1 spiro atoms. The molecule has 0 unspecified atom stereocenters. The highest BCUT2D eigenvalue weighted by atomic mass is 35.5. The fourth-order valence-corrected chi connectivity index (χ4v) is 7.55. The van der Waals surface area contributed by atoms with E-state index in [9.17, 15) is 9.59 Å². The Labute approximate surface area is 241 Å². The zero-order valence-corrected chi connectivity index (χ0v) is 22.9. The van der Waals surface area contributed by atoms with Gasteiger partial charge in [-0.3, -0.25) is 14.5 Å². The lowest BCUT2D eigenvalue weighted by molar-refractivity contribution is -0.128. The van der Waals surface area contributed by atoms with Crippen LogP contribution in [0.3, 0.4) is 0 Å². The molecule has 9 heteroatoms. The summed E-state index contributed by atoms with van der Waals surface area (Å²) < 4.78 is 16.0. The van der Waals surface area contributed by atoms with Gasteiger partial charge in [-0.2, -0.15) is 0 Å². The number of carbonyl (C=O) groups excluding carboxylic acids is 2. The van der Waals surface area contributed by atoms with Crippen LogP contribution < -0.4 is 10.2 Å². The minimum absolute atomic E-state index is 0.0468. The van der Waals surface area contributed by atoms with Gasteiger partial charge in [-0.1, -0.05) is 53.5 Å². The average Bonchev–Trinajstić information content (AvgIpc) is 3.67. The molecule has 6 nitrogen and oxygen atoms in total. The van der Waals surface area contributed by atoms with Crippen LogP contribution in [0.1, 0.15) is 36.3 Å². The first-order chi connectivity index (χ1) is 19.3. The van der Waals surface area contributed by atoms with Gasteiger partial charge in [0, 0.05) is 47.0 Å². The monoisotopic (exact) mass is 574 g/mol. The number of hydrogen-bond acceptors (Lipinski definition) is 3. The summed E-state index contributed by atoms with van der Waals surface area (Å²) in [7, 11) is 0. The number of amides is 2. The summed E-state index contributed by atoms with van der Waals surface area (Å²) in [5.74, 6) is -2.15. The van der Waals surface area contributed by atoms with E-state index in [2.05, 4.69) is 15.1 Å². The zero-order valence-electron chi connectivity index (χ0n) is 21.4. The lowest BCUT2D eigenvalue weighted by Gasteiger charge is -2.40. The van der Waals surface area contributed by atoms with Crippen molar-refractivity contribution >= 4 is 52.1 Å². The van der Waals surface area contributed by atoms with Crippen LogP contribution in [0.4, 0.5) is 21.5 Å². The number of piperidine rings is 1. The summed E-state index contributed by atoms with van der Waals surface area (Å²) in [6, 6.07) is 16.8. The summed E-state index contributed by atoms with van der Waals surface area (Å²) in [4.78, 5) is 36.2. The Morgan fingerprint density at radius 1 is 1.05 bits per heavy atom. The van der Waals surface area contributed by atoms with Crippen molar-refractivity contribution < 1.29 is 14.0 Å². The van der Waals surface area contributed by atoms with Gasteiger partial charge in [0.1, 0.15) is 11.4 Å². The van der Waals surface area contributed by atoms with Crippen molar-refractivity contribution in [1.82, 2.24) is 4.90 Å². The summed E-state index contributed by atoms with van der Waals surface area (Å²) in [6.07, 6.45) is 2.73. The number of nitrogens with one attached hydrogen (secondary N) is 1. The Morgan fingerprint density at radius 3 is 2.55 bits per heavy atom. The summed E-state index contributed by atoms with van der Waals surface area (Å²) in [5.41, 5.74) is 1.42. The van der Waals surface area contributed by atoms with Gasteiger partial charge in [0.25, 0.3) is 0 Å². The van der Waals surface area contributed by atoms with E-state index in [1.54, 1.807) is 53.4 Å². The number of likely N-dealkylation sites (tertiary alicyclic amines) is 1. The first kappa shape index (κ1) is 25.5. The van der Waals surface area contributed by atoms with Crippen LogP contribution in [0, 0.1) is 24.2 Å². The molecule has 4 aliphatic rings. The number of hydrogen-bond donors (Lipinski definition) is 1. The number of halogens is 3. The van der Waals surface area contributed by atoms with Crippen LogP contribution in [0.5, 0.6) is 0 Å². The number of carbonyl (C=O) groups is 2. The molecule has 2 saturated heterocycles. The van der Waals surface area contributed by atoms with E-state index in [-0.39, 0.29) is 28.4 Å². The molecular formula is C31H25Cl2FN4O2. The van der Waals surface area contributed by atoms with E-state index in [1.165, 1.54) is 6.07 Å². The van der Waals surface area contributed by atoms with Gasteiger partial charge >= 0.3 is 0 Å². The third-order valence-corrected chi connectivity index (χ3v) is 9.55. The van der Waals surface area contributed by atoms with E-state index in [0.29, 0.717) is 53.1 Å². The van der Waals surface area contributed by atoms with E-state index >= 15 is 4.39 Å². The number of anilines is 2. The highest BCUT2D eigenvalue weighted by molar-refractivity contribution is 6.31. The second-order valence-electron chi connectivity index (χ2n) is 11.1. The molecule has 202 valence electrons. The van der Waals surface area contributed by atoms with E-state index in [0.717, 1.165) is 12.8 Å². The molecule has 2 amide bonds. The second-order valence-corrected chi connectivity index (χ2v) is 12.0. The second kappa shape index (κ2) is 9.31. The molecule has 3 aliphatic heterocycles. The van der Waals surface area contributed by atoms with Crippen molar-refractivity contribution in [3.63, 3.8) is 0 Å². The van der Waals surface area contributed by atoms with E-state index in [1.807, 2.05) is 6.07 Å². The first-order valence-corrected chi connectivity index (χ1v) is 14.2. The van der Waals surface area contributed by atoms with Crippen LogP contribution in [0.25, 0.3) is 4.85 Å². The largest absolute Gasteiger partial charge is 0.324 e. The minimum Gasteiger partial charge on any atom is -0.324 e. The molecule has 1 aliphatic carbocycles. The molecule has 4 atom stereocenters. The molecule has 0 radical (unpaired) electrons. The lowest BCUT2D eigenvalue weighted by Crippen LogP contribution is -2.54. The summed E-state index contributed by atoms with van der Waals surface area (Å²) in [5, 5.41) is 3.47. The smallest absolute Gasteiger partial charge is 0.250 e. The van der Waals surface area contributed by atoms with Gasteiger partial charge in [0.05, 0.1) is 17.5 Å². The van der Waals surface area contributed by atoms with Crippen LogP contribution in [0.2, 0.25) is 10.0 Å². The molecule has 40 heavy (non-hydrogen) atoms. The van der Waals surface area contributed by atoms with Crippen LogP contribution in [-0.2, 0) is 15.1 Å². The van der Waals surface area contributed by atoms with Gasteiger partial charge in [-0.05, 0) is 61.1 Å². The highest BCUT2D eigenvalue weighted by Crippen LogP contribution is 2.62. The van der Waals surface area contributed by atoms with Crippen LogP contribution >= 0.6 is 23.2 Å². The lowest BCUT2D eigenvalue weighted by atomic mass is 9.70. The van der Waals surface area contributed by atoms with Crippen molar-refractivity contribution in [2.75, 3.05) is 23.3 Å². The molecule has 3 fully saturated rings. The predicted octanol–water partition coefficient (Wildman–Crippen LogP) is 6.76. The Kier molecular flexibility index (Phi) is 5.94. The van der Waals surface area contributed by atoms with Gasteiger partial charge in [-0.25, -0.2) is 9.24 Å². The highest BCUT2D eigenvalue weighted by Gasteiger charge is 2.70. The normalized spacial score (nSPS) is 27.4. The van der Waals surface area contributed by atoms with Crippen LogP contribution in [-0.4, -0.2) is 35.8 Å². The van der Waals surface area contributed by atoms with Gasteiger partial charge in [-0.15, -0.1) is 0 Å². The molecule has 0 aromatic heterocycles. The predicted molar refractivity (Wildman–Crippen MR) is 152 cm³/mol. The fourth-order valence-electron chi connectivity index (χ4n) is 7.20. The average molecular weight is 575 g/mol. The number of benzene rings is 3. The minimum atomic E-state index is -1.30. The van der Waals surface area contributed by atoms with Crippen molar-refractivity contribution in [3.8, 4) is 0 Å². The number of fused-ring (bicyclic) bond motifs is 3. The Balaban J connectivity index is 1.45. The Hall–Kier alpha value is -3.44. The number of nitrogens with zero attached hydrogens (tertiary/aromatic N) is 3. The maximum Gasteiger partial charge on any atom is 0.250 e. The van der Waals surface area contributed by atoms with Crippen molar-refractivity contribution in [2.24, 2.45) is 11.8 Å². The molecule has 1 N–H and O–H groups in total. The Bertz CT molecular complexity index is 1600. The third kappa shape index (κ3) is 3.63. The van der Waals surface area contributed by atoms with Crippen molar-refractivity contribution in [1.29, 1.82) is 0 Å². The standard InChI is InChI=1S/C31H25Cl2FN4O2/c1-35-19-8-10-20(11-9-19)37-14-13-25-26(29(37)39)27(21-3-2-4-23(33)28(21)34)31(38(25)16-17-5-6-17)22-12-7-18(32)15-24(22)36-30(31)40/h2-4,7-12,15,17,25-27H,5-6,13-14,16H2,(H,36,40)/t25-,26+,27-,31+/m0/s1. The van der Waals surface area contributed by atoms with E-state index < -0.39 is 23.2 Å². The number of rotatable bonds is 4. The molecule has 3 heterocycles. The molecule has 7 rings (SSSR count). The maximum atomic E-state index is 16.0. The summed E-state index contributed by atoms with van der Waals surface area (Å²) in [6.45, 7) is 8.36. The van der Waals surface area contributed by atoms with Crippen molar-refractivity contribution in [3.05, 3.63) is 99.1 Å². The van der Waals surface area contributed by atoms with Gasteiger partial charge in [0.2, 0.25) is 11.8 Å². The zero-order chi connectivity index (χ0) is 27.8. The maximum absolute atomic E-state index is 16.0. The quantitative estimate of drug-likeness (QED) is 0.350. The molecule has 3 aromatic rings. The molecule has 1 saturated carbocycles. The molecule has 3 aromatic carbocycles. The third-order valence-electron chi connectivity index (χ3n) is 9.02. The topological polar surface area (TPSA) is 57.0 Å². The summed E-state index contributed by atoms with van der Waals surface area (Å²) >= 11 is 12.6. The van der Waals surface area contributed by atoms with Crippen LogP contribution in [0.15, 0.2) is 60.7 Å². The molecule has 0 bridgehead atoms. The Morgan fingerprint density at radius 2 is 1.82 bits per heavy atom. The fraction of sp³-hybridized carbons (Fsp3) is 0.323. The first-order valence-electron chi connectivity index (χ1n) is 13.5. The van der Waals surface area contributed by atoms with Gasteiger partial charge in [0.15, 0.2) is 5.69 Å². The SMILES string of the molecule is [C-]#[N+]c1ccc(N2CC[C@H]3[C@@H](C2=O)[C@H](c2cccc(Cl)c2F)[C@]2(C(=O)Nc4cc(Cl)ccc42)N3CC2CC2)cc1. The van der Waals surface area contributed by atoms with Crippen molar-refractivity contribution in [2.45, 2.75) is 36.8 Å². The molecular weight excluding hydrogens is 550 g/mol. The van der Waals surface area contributed by atoms with Gasteiger partial charge < -0.3 is 10.2 Å². The van der Waals surface area contributed by atoms with E-state index in [4.69, 9.17) is 29.8 Å².